The molecule has 0 aliphatic heterocycles. The fraction of sp³-hybridized carbons (Fsp3) is 0.286. The van der Waals surface area contributed by atoms with Crippen LogP contribution in [-0.2, 0) is 20.7 Å². The number of carboxylic acid groups (broad SMARTS) is 1. The SMILES string of the molecule is CCN(C(=O)C(C)(C)Oc1ccc(C[C@H](OC)C(=O)O)cc1)c1ccc(Oc2ccccc2)cc1. The summed E-state index contributed by atoms with van der Waals surface area (Å²) in [7, 11) is 1.37. The molecule has 0 unspecified atom stereocenters. The quantitative estimate of drug-likeness (QED) is 0.402. The molecule has 3 aromatic carbocycles. The Morgan fingerprint density at radius 2 is 1.46 bits per heavy atom. The van der Waals surface area contributed by atoms with E-state index in [-0.39, 0.29) is 12.3 Å². The van der Waals surface area contributed by atoms with Crippen molar-refractivity contribution < 1.29 is 28.9 Å². The molecule has 3 aromatic rings. The van der Waals surface area contributed by atoms with Crippen molar-refractivity contribution >= 4 is 17.6 Å². The highest BCUT2D eigenvalue weighted by Crippen LogP contribution is 2.27. The number of rotatable bonds is 11. The maximum Gasteiger partial charge on any atom is 0.333 e. The number of nitrogens with zero attached hydrogens (tertiary/aromatic N) is 1. The summed E-state index contributed by atoms with van der Waals surface area (Å²) in [5, 5.41) is 9.16. The van der Waals surface area contributed by atoms with E-state index in [2.05, 4.69) is 0 Å². The largest absolute Gasteiger partial charge is 0.479 e. The molecule has 3 rings (SSSR count). The zero-order chi connectivity index (χ0) is 25.4. The molecular weight excluding hydrogens is 446 g/mol. The van der Waals surface area contributed by atoms with Crippen molar-refractivity contribution in [2.45, 2.75) is 38.9 Å². The molecule has 0 aliphatic carbocycles. The third-order valence-electron chi connectivity index (χ3n) is 5.48. The summed E-state index contributed by atoms with van der Waals surface area (Å²) in [5.74, 6) is 0.728. The van der Waals surface area contributed by atoms with Gasteiger partial charge in [-0.3, -0.25) is 4.79 Å². The summed E-state index contributed by atoms with van der Waals surface area (Å²) < 4.78 is 16.9. The summed E-state index contributed by atoms with van der Waals surface area (Å²) in [5.41, 5.74) is 0.403. The lowest BCUT2D eigenvalue weighted by Gasteiger charge is -2.32. The molecule has 0 fully saturated rings. The second kappa shape index (κ2) is 11.5. The van der Waals surface area contributed by atoms with Gasteiger partial charge in [0.2, 0.25) is 0 Å². The number of methoxy groups -OCH3 is 1. The maximum absolute atomic E-state index is 13.4. The van der Waals surface area contributed by atoms with Gasteiger partial charge in [-0.05, 0) is 74.9 Å². The Hall–Kier alpha value is -3.84. The van der Waals surface area contributed by atoms with Gasteiger partial charge in [-0.25, -0.2) is 4.79 Å². The van der Waals surface area contributed by atoms with E-state index in [0.29, 0.717) is 18.0 Å². The minimum absolute atomic E-state index is 0.189. The molecule has 0 saturated carbocycles. The first-order chi connectivity index (χ1) is 16.7. The van der Waals surface area contributed by atoms with Crippen molar-refractivity contribution in [1.29, 1.82) is 0 Å². The Labute approximate surface area is 205 Å². The molecule has 1 N–H and O–H groups in total. The van der Waals surface area contributed by atoms with Crippen molar-refractivity contribution in [2.75, 3.05) is 18.6 Å². The number of anilines is 1. The number of para-hydroxylation sites is 1. The van der Waals surface area contributed by atoms with E-state index in [4.69, 9.17) is 19.3 Å². The van der Waals surface area contributed by atoms with Crippen molar-refractivity contribution in [2.24, 2.45) is 0 Å². The number of benzene rings is 3. The van der Waals surface area contributed by atoms with Crippen LogP contribution in [0.3, 0.4) is 0 Å². The van der Waals surface area contributed by atoms with E-state index in [9.17, 15) is 9.59 Å². The Morgan fingerprint density at radius 3 is 2.00 bits per heavy atom. The fourth-order valence-electron chi connectivity index (χ4n) is 3.60. The minimum atomic E-state index is -1.13. The van der Waals surface area contributed by atoms with Crippen molar-refractivity contribution in [3.8, 4) is 17.2 Å². The molecule has 0 bridgehead atoms. The fourth-order valence-corrected chi connectivity index (χ4v) is 3.60. The molecule has 7 nitrogen and oxygen atoms in total. The molecule has 0 spiro atoms. The van der Waals surface area contributed by atoms with E-state index in [1.54, 1.807) is 43.0 Å². The maximum atomic E-state index is 13.4. The normalized spacial score (nSPS) is 12.0. The van der Waals surface area contributed by atoms with Gasteiger partial charge in [-0.15, -0.1) is 0 Å². The summed E-state index contributed by atoms with van der Waals surface area (Å²) >= 11 is 0. The first kappa shape index (κ1) is 25.8. The number of likely N-dealkylation sites (N-methyl/N-ethyl adjacent to an activating group) is 1. The molecule has 1 atom stereocenters. The van der Waals surface area contributed by atoms with Crippen molar-refractivity contribution in [3.63, 3.8) is 0 Å². The van der Waals surface area contributed by atoms with E-state index < -0.39 is 17.7 Å². The molecule has 7 heteroatoms. The van der Waals surface area contributed by atoms with E-state index in [1.807, 2.05) is 61.5 Å². The summed E-state index contributed by atoms with van der Waals surface area (Å²) in [6, 6.07) is 23.8. The third kappa shape index (κ3) is 6.83. The molecule has 184 valence electrons. The summed E-state index contributed by atoms with van der Waals surface area (Å²) in [6.45, 7) is 5.83. The van der Waals surface area contributed by atoms with Crippen molar-refractivity contribution in [3.05, 3.63) is 84.4 Å². The van der Waals surface area contributed by atoms with E-state index >= 15 is 0 Å². The Kier molecular flexibility index (Phi) is 8.49. The Bertz CT molecular complexity index is 1110. The predicted octanol–water partition coefficient (Wildman–Crippen LogP) is 5.33. The van der Waals surface area contributed by atoms with Crippen LogP contribution in [0.2, 0.25) is 0 Å². The highest BCUT2D eigenvalue weighted by molar-refractivity contribution is 5.99. The average Bonchev–Trinajstić information content (AvgIpc) is 2.85. The van der Waals surface area contributed by atoms with Gasteiger partial charge in [0.05, 0.1) is 0 Å². The number of ether oxygens (including phenoxy) is 3. The molecule has 35 heavy (non-hydrogen) atoms. The van der Waals surface area contributed by atoms with Crippen LogP contribution >= 0.6 is 0 Å². The second-order valence-electron chi connectivity index (χ2n) is 8.48. The van der Waals surface area contributed by atoms with Crippen LogP contribution in [0.5, 0.6) is 17.2 Å². The zero-order valence-corrected chi connectivity index (χ0v) is 20.4. The lowest BCUT2D eigenvalue weighted by molar-refractivity contribution is -0.148. The van der Waals surface area contributed by atoms with Crippen LogP contribution < -0.4 is 14.4 Å². The number of hydrogen-bond acceptors (Lipinski definition) is 5. The highest BCUT2D eigenvalue weighted by atomic mass is 16.5. The number of carbonyl (C=O) groups excluding carboxylic acids is 1. The standard InChI is InChI=1S/C28H31NO6/c1-5-29(21-13-17-23(18-14-21)34-22-9-7-6-8-10-22)27(32)28(2,3)35-24-15-11-20(12-16-24)19-25(33-4)26(30)31/h6-18,25H,5,19H2,1-4H3,(H,30,31)/t25-/m0/s1. The number of aliphatic carboxylic acids is 1. The number of hydrogen-bond donors (Lipinski definition) is 1. The molecule has 0 saturated heterocycles. The molecule has 0 radical (unpaired) electrons. The molecular formula is C28H31NO6. The average molecular weight is 478 g/mol. The highest BCUT2D eigenvalue weighted by Gasteiger charge is 2.34. The van der Waals surface area contributed by atoms with Gasteiger partial charge in [0, 0.05) is 25.8 Å². The lowest BCUT2D eigenvalue weighted by atomic mass is 10.1. The number of carboxylic acids is 1. The van der Waals surface area contributed by atoms with Gasteiger partial charge in [-0.1, -0.05) is 30.3 Å². The molecule has 0 heterocycles. The molecule has 1 amide bonds. The van der Waals surface area contributed by atoms with Crippen LogP contribution in [0, 0.1) is 0 Å². The van der Waals surface area contributed by atoms with Crippen LogP contribution in [0.1, 0.15) is 26.3 Å². The molecule has 0 aromatic heterocycles. The number of amides is 1. The van der Waals surface area contributed by atoms with Gasteiger partial charge < -0.3 is 24.2 Å². The van der Waals surface area contributed by atoms with Crippen LogP contribution in [-0.4, -0.2) is 42.3 Å². The second-order valence-corrected chi connectivity index (χ2v) is 8.48. The zero-order valence-electron chi connectivity index (χ0n) is 20.4. The Morgan fingerprint density at radius 1 is 0.886 bits per heavy atom. The minimum Gasteiger partial charge on any atom is -0.479 e. The van der Waals surface area contributed by atoms with Crippen LogP contribution in [0.15, 0.2) is 78.9 Å². The first-order valence-electron chi connectivity index (χ1n) is 11.4. The summed E-state index contributed by atoms with van der Waals surface area (Å²) in [4.78, 5) is 26.2. The third-order valence-corrected chi connectivity index (χ3v) is 5.48. The first-order valence-corrected chi connectivity index (χ1v) is 11.4. The smallest absolute Gasteiger partial charge is 0.333 e. The predicted molar refractivity (Wildman–Crippen MR) is 134 cm³/mol. The number of carbonyl (C=O) groups is 2. The molecule has 0 aliphatic rings. The lowest BCUT2D eigenvalue weighted by Crippen LogP contribution is -2.49. The van der Waals surface area contributed by atoms with Gasteiger partial charge in [0.1, 0.15) is 17.2 Å². The van der Waals surface area contributed by atoms with Gasteiger partial charge in [0.15, 0.2) is 11.7 Å². The summed E-state index contributed by atoms with van der Waals surface area (Å²) in [6.07, 6.45) is -0.676. The van der Waals surface area contributed by atoms with Gasteiger partial charge in [-0.2, -0.15) is 0 Å². The Balaban J connectivity index is 1.67. The van der Waals surface area contributed by atoms with Crippen LogP contribution in [0.25, 0.3) is 0 Å². The monoisotopic (exact) mass is 477 g/mol. The van der Waals surface area contributed by atoms with E-state index in [1.165, 1.54) is 7.11 Å². The van der Waals surface area contributed by atoms with Crippen molar-refractivity contribution in [1.82, 2.24) is 0 Å². The topological polar surface area (TPSA) is 85.3 Å². The van der Waals surface area contributed by atoms with Crippen LogP contribution in [0.4, 0.5) is 5.69 Å². The van der Waals surface area contributed by atoms with E-state index in [0.717, 1.165) is 17.0 Å². The van der Waals surface area contributed by atoms with Gasteiger partial charge >= 0.3 is 5.97 Å². The van der Waals surface area contributed by atoms with Gasteiger partial charge in [0.25, 0.3) is 5.91 Å².